The number of carbonyl (C=O) groups is 1. The van der Waals surface area contributed by atoms with Gasteiger partial charge in [-0.1, -0.05) is 12.2 Å². The molecule has 0 saturated carbocycles. The van der Waals surface area contributed by atoms with Crippen LogP contribution in [0.5, 0.6) is 0 Å². The Labute approximate surface area is 66.8 Å². The molecule has 0 amide bonds. The highest BCUT2D eigenvalue weighted by atomic mass is 16.1. The second kappa shape index (κ2) is 3.01. The molecule has 0 aliphatic heterocycles. The van der Waals surface area contributed by atoms with Crippen molar-refractivity contribution in [3.8, 4) is 0 Å². The molecule has 0 saturated heterocycles. The smallest absolute Gasteiger partial charge is 0.166 e. The highest BCUT2D eigenvalue weighted by Crippen LogP contribution is 2.18. The number of hydrogen-bond acceptors (Lipinski definition) is 2. The molecule has 0 aromatic rings. The zero-order chi connectivity index (χ0) is 8.43. The van der Waals surface area contributed by atoms with Crippen LogP contribution in [0.1, 0.15) is 13.8 Å². The third-order valence-corrected chi connectivity index (χ3v) is 2.13. The molecule has 0 bridgehead atoms. The Morgan fingerprint density at radius 2 is 2.18 bits per heavy atom. The van der Waals surface area contributed by atoms with Crippen LogP contribution >= 0.6 is 0 Å². The van der Waals surface area contributed by atoms with E-state index in [0.29, 0.717) is 6.54 Å². The first kappa shape index (κ1) is 8.21. The Balaban J connectivity index is 2.91. The lowest BCUT2D eigenvalue weighted by atomic mass is 9.90. The fourth-order valence-electron chi connectivity index (χ4n) is 1.13. The van der Waals surface area contributed by atoms with Gasteiger partial charge in [-0.15, -0.1) is 0 Å². The normalized spacial score (nSPS) is 24.6. The highest BCUT2D eigenvalue weighted by molar-refractivity contribution is 6.00. The topological polar surface area (TPSA) is 43.1 Å². The predicted octanol–water partition coefficient (Wildman–Crippen LogP) is 1.04. The summed E-state index contributed by atoms with van der Waals surface area (Å²) in [5.74, 6) is 0.0891. The number of nitrogens with two attached hydrogens (primary N) is 1. The van der Waals surface area contributed by atoms with E-state index in [1.165, 1.54) is 0 Å². The number of Topliss-reactive ketones (excluding diaryl/α,β-unsaturated/α-hetero) is 1. The Bertz CT molecular complexity index is 238. The Kier molecular flexibility index (Phi) is 2.25. The minimum atomic E-state index is -0.0845. The molecule has 2 nitrogen and oxygen atoms in total. The van der Waals surface area contributed by atoms with Crippen LogP contribution in [-0.2, 0) is 4.79 Å². The van der Waals surface area contributed by atoms with Crippen molar-refractivity contribution in [2.45, 2.75) is 13.8 Å². The molecule has 2 N–H and O–H groups in total. The lowest BCUT2D eigenvalue weighted by Crippen LogP contribution is -2.24. The number of allylic oxidation sites excluding steroid dienone is 3. The molecule has 0 aromatic carbocycles. The fraction of sp³-hybridized carbons (Fsp3) is 0.444. The maximum atomic E-state index is 11.4. The number of carbonyl (C=O) groups excluding carboxylic acids is 1. The Hall–Kier alpha value is -0.890. The minimum absolute atomic E-state index is 0.0845. The molecular formula is C9H13NO. The summed E-state index contributed by atoms with van der Waals surface area (Å²) in [4.78, 5) is 11.4. The standard InChI is InChI=1S/C9H13NO/c1-6-3-4-8(5-10)9(11)7(6)2/h3-4,8H,5,10H2,1-2H3. The van der Waals surface area contributed by atoms with Crippen LogP contribution < -0.4 is 5.73 Å². The van der Waals surface area contributed by atoms with Crippen molar-refractivity contribution in [2.24, 2.45) is 11.7 Å². The monoisotopic (exact) mass is 151 g/mol. The second-order valence-electron chi connectivity index (χ2n) is 2.87. The van der Waals surface area contributed by atoms with E-state index in [1.54, 1.807) is 0 Å². The van der Waals surface area contributed by atoms with Gasteiger partial charge in [0.15, 0.2) is 5.78 Å². The summed E-state index contributed by atoms with van der Waals surface area (Å²) >= 11 is 0. The lowest BCUT2D eigenvalue weighted by Gasteiger charge is -2.15. The first-order valence-corrected chi connectivity index (χ1v) is 3.76. The van der Waals surface area contributed by atoms with Crippen molar-refractivity contribution >= 4 is 5.78 Å². The minimum Gasteiger partial charge on any atom is -0.329 e. The predicted molar refractivity (Wildman–Crippen MR) is 45.1 cm³/mol. The largest absolute Gasteiger partial charge is 0.329 e. The molecule has 0 fully saturated rings. The SMILES string of the molecule is CC1=C(C)C(=O)C(CN)C=C1. The molecule has 2 heteroatoms. The molecule has 1 unspecified atom stereocenters. The molecule has 1 atom stereocenters. The maximum absolute atomic E-state index is 11.4. The van der Waals surface area contributed by atoms with E-state index in [1.807, 2.05) is 26.0 Å². The molecule has 1 aliphatic rings. The fourth-order valence-corrected chi connectivity index (χ4v) is 1.13. The van der Waals surface area contributed by atoms with Crippen molar-refractivity contribution in [3.63, 3.8) is 0 Å². The van der Waals surface area contributed by atoms with Crippen LogP contribution in [0.25, 0.3) is 0 Å². The molecule has 1 rings (SSSR count). The summed E-state index contributed by atoms with van der Waals surface area (Å²) in [6, 6.07) is 0. The summed E-state index contributed by atoms with van der Waals surface area (Å²) in [6.07, 6.45) is 3.85. The van der Waals surface area contributed by atoms with Crippen LogP contribution in [0.4, 0.5) is 0 Å². The summed E-state index contributed by atoms with van der Waals surface area (Å²) in [6.45, 7) is 4.21. The highest BCUT2D eigenvalue weighted by Gasteiger charge is 2.19. The quantitative estimate of drug-likeness (QED) is 0.608. The zero-order valence-corrected chi connectivity index (χ0v) is 6.92. The number of rotatable bonds is 1. The second-order valence-corrected chi connectivity index (χ2v) is 2.87. The molecule has 11 heavy (non-hydrogen) atoms. The van der Waals surface area contributed by atoms with E-state index >= 15 is 0 Å². The summed E-state index contributed by atoms with van der Waals surface area (Å²) in [7, 11) is 0. The molecular weight excluding hydrogens is 138 g/mol. The summed E-state index contributed by atoms with van der Waals surface area (Å²) in [5, 5.41) is 0. The van der Waals surface area contributed by atoms with E-state index in [2.05, 4.69) is 0 Å². The Morgan fingerprint density at radius 1 is 1.55 bits per heavy atom. The molecule has 0 spiro atoms. The van der Waals surface area contributed by atoms with Gasteiger partial charge < -0.3 is 5.73 Å². The molecule has 1 aliphatic carbocycles. The van der Waals surface area contributed by atoms with Gasteiger partial charge in [0.1, 0.15) is 0 Å². The van der Waals surface area contributed by atoms with Gasteiger partial charge in [-0.05, 0) is 25.0 Å². The van der Waals surface area contributed by atoms with Crippen LogP contribution in [0.2, 0.25) is 0 Å². The van der Waals surface area contributed by atoms with Crippen molar-refractivity contribution in [1.29, 1.82) is 0 Å². The van der Waals surface area contributed by atoms with Gasteiger partial charge in [0, 0.05) is 6.54 Å². The first-order valence-electron chi connectivity index (χ1n) is 3.76. The van der Waals surface area contributed by atoms with E-state index in [9.17, 15) is 4.79 Å². The van der Waals surface area contributed by atoms with Crippen LogP contribution in [0, 0.1) is 5.92 Å². The van der Waals surface area contributed by atoms with Gasteiger partial charge in [-0.3, -0.25) is 4.79 Å². The van der Waals surface area contributed by atoms with Gasteiger partial charge in [0.2, 0.25) is 0 Å². The van der Waals surface area contributed by atoms with Gasteiger partial charge in [0.25, 0.3) is 0 Å². The molecule has 0 radical (unpaired) electrons. The lowest BCUT2D eigenvalue weighted by molar-refractivity contribution is -0.117. The van der Waals surface area contributed by atoms with Crippen molar-refractivity contribution in [3.05, 3.63) is 23.3 Å². The van der Waals surface area contributed by atoms with Crippen molar-refractivity contribution in [2.75, 3.05) is 6.54 Å². The van der Waals surface area contributed by atoms with Crippen LogP contribution in [0.3, 0.4) is 0 Å². The van der Waals surface area contributed by atoms with Gasteiger partial charge >= 0.3 is 0 Å². The first-order chi connectivity index (χ1) is 5.16. The van der Waals surface area contributed by atoms with Crippen LogP contribution in [0.15, 0.2) is 23.3 Å². The molecule has 0 aromatic heterocycles. The van der Waals surface area contributed by atoms with E-state index in [-0.39, 0.29) is 11.7 Å². The summed E-state index contributed by atoms with van der Waals surface area (Å²) in [5.41, 5.74) is 7.31. The average molecular weight is 151 g/mol. The van der Waals surface area contributed by atoms with E-state index in [4.69, 9.17) is 5.73 Å². The van der Waals surface area contributed by atoms with Crippen LogP contribution in [-0.4, -0.2) is 12.3 Å². The third-order valence-electron chi connectivity index (χ3n) is 2.13. The van der Waals surface area contributed by atoms with Gasteiger partial charge in [-0.25, -0.2) is 0 Å². The third kappa shape index (κ3) is 1.40. The summed E-state index contributed by atoms with van der Waals surface area (Å²) < 4.78 is 0. The van der Waals surface area contributed by atoms with Gasteiger partial charge in [0.05, 0.1) is 5.92 Å². The van der Waals surface area contributed by atoms with E-state index < -0.39 is 0 Å². The Morgan fingerprint density at radius 3 is 2.73 bits per heavy atom. The molecule has 0 heterocycles. The van der Waals surface area contributed by atoms with Crippen molar-refractivity contribution < 1.29 is 4.79 Å². The zero-order valence-electron chi connectivity index (χ0n) is 6.92. The average Bonchev–Trinajstić information content (AvgIpc) is 2.01. The molecule has 60 valence electrons. The van der Waals surface area contributed by atoms with E-state index in [0.717, 1.165) is 11.1 Å². The maximum Gasteiger partial charge on any atom is 0.166 e. The number of hydrogen-bond donors (Lipinski definition) is 1. The van der Waals surface area contributed by atoms with Crippen molar-refractivity contribution in [1.82, 2.24) is 0 Å². The number of ketones is 1. The van der Waals surface area contributed by atoms with Gasteiger partial charge in [-0.2, -0.15) is 0 Å².